The molecule has 0 heterocycles. The number of sulfonamides is 1. The van der Waals surface area contributed by atoms with E-state index in [1.165, 1.54) is 4.31 Å². The minimum atomic E-state index is -3.49. The molecule has 0 aliphatic carbocycles. The van der Waals surface area contributed by atoms with Crippen molar-refractivity contribution >= 4 is 38.9 Å². The van der Waals surface area contributed by atoms with Gasteiger partial charge in [-0.05, 0) is 67.4 Å². The molecule has 0 aliphatic rings. The molecule has 7 nitrogen and oxygen atoms in total. The highest BCUT2D eigenvalue weighted by molar-refractivity contribution is 7.92. The van der Waals surface area contributed by atoms with Crippen molar-refractivity contribution in [2.45, 2.75) is 19.8 Å². The number of carbonyl (C=O) groups excluding carboxylic acids is 1. The molecule has 3 rings (SSSR count). The molecule has 0 spiro atoms. The van der Waals surface area contributed by atoms with Gasteiger partial charge in [-0.25, -0.2) is 8.42 Å². The van der Waals surface area contributed by atoms with Gasteiger partial charge in [-0.3, -0.25) is 9.10 Å². The summed E-state index contributed by atoms with van der Waals surface area (Å²) in [6, 6.07) is 19.2. The zero-order chi connectivity index (χ0) is 24.7. The second kappa shape index (κ2) is 11.3. The van der Waals surface area contributed by atoms with E-state index in [0.717, 1.165) is 11.8 Å². The Labute approximate surface area is 205 Å². The fraction of sp³-hybridized carbons (Fsp3) is 0.240. The largest absolute Gasteiger partial charge is 0.497 e. The van der Waals surface area contributed by atoms with Crippen molar-refractivity contribution in [3.63, 3.8) is 0 Å². The molecule has 9 heteroatoms. The van der Waals surface area contributed by atoms with Crippen LogP contribution in [-0.4, -0.2) is 34.2 Å². The van der Waals surface area contributed by atoms with E-state index in [-0.39, 0.29) is 18.9 Å². The van der Waals surface area contributed by atoms with Crippen molar-refractivity contribution in [2.75, 3.05) is 29.5 Å². The zero-order valence-electron chi connectivity index (χ0n) is 19.2. The second-order valence-corrected chi connectivity index (χ2v) is 10.0. The van der Waals surface area contributed by atoms with Crippen molar-refractivity contribution in [1.29, 1.82) is 0 Å². The van der Waals surface area contributed by atoms with Crippen molar-refractivity contribution in [3.05, 3.63) is 77.3 Å². The van der Waals surface area contributed by atoms with Crippen LogP contribution < -0.4 is 19.1 Å². The molecule has 180 valence electrons. The Morgan fingerprint density at radius 3 is 2.35 bits per heavy atom. The smallest absolute Gasteiger partial charge is 0.232 e. The lowest BCUT2D eigenvalue weighted by molar-refractivity contribution is -0.116. The highest BCUT2D eigenvalue weighted by atomic mass is 35.5. The summed E-state index contributed by atoms with van der Waals surface area (Å²) in [5.41, 5.74) is 1.87. The number of methoxy groups -OCH3 is 1. The third kappa shape index (κ3) is 6.88. The number of aryl methyl sites for hydroxylation is 1. The van der Waals surface area contributed by atoms with Crippen LogP contribution >= 0.6 is 11.6 Å². The summed E-state index contributed by atoms with van der Waals surface area (Å²) in [6.07, 6.45) is 1.61. The summed E-state index contributed by atoms with van der Waals surface area (Å²) in [5, 5.41) is 3.26. The maximum Gasteiger partial charge on any atom is 0.232 e. The Morgan fingerprint density at radius 1 is 1.03 bits per heavy atom. The molecule has 34 heavy (non-hydrogen) atoms. The number of carbonyl (C=O) groups is 1. The monoisotopic (exact) mass is 502 g/mol. The first kappa shape index (κ1) is 25.4. The summed E-state index contributed by atoms with van der Waals surface area (Å²) in [5.74, 6) is 1.42. The molecule has 0 saturated heterocycles. The van der Waals surface area contributed by atoms with Crippen molar-refractivity contribution in [1.82, 2.24) is 0 Å². The molecule has 0 aliphatic heterocycles. The summed E-state index contributed by atoms with van der Waals surface area (Å²) >= 11 is 6.12. The van der Waals surface area contributed by atoms with E-state index in [9.17, 15) is 13.2 Å². The summed E-state index contributed by atoms with van der Waals surface area (Å²) < 4.78 is 37.1. The Morgan fingerprint density at radius 2 is 1.71 bits per heavy atom. The zero-order valence-corrected chi connectivity index (χ0v) is 20.8. The SMILES string of the molecule is COc1ccc(Oc2ccc(Cl)cc2NC(=O)CCCN(c2ccccc2C)S(C)(=O)=O)cc1. The normalized spacial score (nSPS) is 11.1. The number of para-hydroxylation sites is 1. The van der Waals surface area contributed by atoms with Crippen LogP contribution in [-0.2, 0) is 14.8 Å². The standard InChI is InChI=1S/C25H27ClN2O5S/c1-18-7-4-5-8-23(18)28(34(3,30)31)16-6-9-25(29)27-22-17-19(26)10-15-24(22)33-21-13-11-20(32-2)12-14-21/h4-5,7-8,10-15,17H,6,9,16H2,1-3H3,(H,27,29). The van der Waals surface area contributed by atoms with Crippen LogP contribution in [0.2, 0.25) is 5.02 Å². The fourth-order valence-electron chi connectivity index (χ4n) is 3.36. The van der Waals surface area contributed by atoms with Crippen LogP contribution in [0.1, 0.15) is 18.4 Å². The molecule has 0 atom stereocenters. The number of halogens is 1. The maximum atomic E-state index is 12.7. The summed E-state index contributed by atoms with van der Waals surface area (Å²) in [6.45, 7) is 2.03. The van der Waals surface area contributed by atoms with Gasteiger partial charge in [0.1, 0.15) is 11.5 Å². The number of nitrogens with zero attached hydrogens (tertiary/aromatic N) is 1. The molecule has 0 unspecified atom stereocenters. The molecular weight excluding hydrogens is 476 g/mol. The molecule has 3 aromatic rings. The number of hydrogen-bond acceptors (Lipinski definition) is 5. The molecule has 3 aromatic carbocycles. The van der Waals surface area contributed by atoms with Gasteiger partial charge in [0.05, 0.1) is 24.7 Å². The van der Waals surface area contributed by atoms with Gasteiger partial charge in [0, 0.05) is 18.0 Å². The predicted molar refractivity (Wildman–Crippen MR) is 136 cm³/mol. The molecule has 1 N–H and O–H groups in total. The highest BCUT2D eigenvalue weighted by Crippen LogP contribution is 2.33. The van der Waals surface area contributed by atoms with Gasteiger partial charge >= 0.3 is 0 Å². The van der Waals surface area contributed by atoms with Crippen LogP contribution in [0.15, 0.2) is 66.7 Å². The maximum absolute atomic E-state index is 12.7. The van der Waals surface area contributed by atoms with E-state index in [2.05, 4.69) is 5.32 Å². The molecule has 0 bridgehead atoms. The fourth-order valence-corrected chi connectivity index (χ4v) is 4.56. The highest BCUT2D eigenvalue weighted by Gasteiger charge is 2.19. The Balaban J connectivity index is 1.66. The predicted octanol–water partition coefficient (Wildman–Crippen LogP) is 5.63. The first-order valence-electron chi connectivity index (χ1n) is 10.6. The summed E-state index contributed by atoms with van der Waals surface area (Å²) in [7, 11) is -1.91. The van der Waals surface area contributed by atoms with Gasteiger partial charge in [-0.1, -0.05) is 29.8 Å². The minimum Gasteiger partial charge on any atom is -0.497 e. The van der Waals surface area contributed by atoms with Crippen molar-refractivity contribution in [3.8, 4) is 17.2 Å². The Kier molecular flexibility index (Phi) is 8.41. The topological polar surface area (TPSA) is 84.9 Å². The molecular formula is C25H27ClN2O5S. The second-order valence-electron chi connectivity index (χ2n) is 7.69. The molecule has 0 radical (unpaired) electrons. The molecule has 0 fully saturated rings. The quantitative estimate of drug-likeness (QED) is 0.388. The van der Waals surface area contributed by atoms with Gasteiger partial charge in [0.2, 0.25) is 15.9 Å². The van der Waals surface area contributed by atoms with E-state index >= 15 is 0 Å². The van der Waals surface area contributed by atoms with Gasteiger partial charge in [-0.2, -0.15) is 0 Å². The average molecular weight is 503 g/mol. The lowest BCUT2D eigenvalue weighted by atomic mass is 10.2. The van der Waals surface area contributed by atoms with E-state index in [1.807, 2.05) is 19.1 Å². The van der Waals surface area contributed by atoms with E-state index < -0.39 is 10.0 Å². The Bertz CT molecular complexity index is 1250. The number of anilines is 2. The molecule has 0 saturated carbocycles. The summed E-state index contributed by atoms with van der Waals surface area (Å²) in [4.78, 5) is 12.7. The number of amides is 1. The van der Waals surface area contributed by atoms with Gasteiger partial charge < -0.3 is 14.8 Å². The van der Waals surface area contributed by atoms with Crippen LogP contribution in [0.5, 0.6) is 17.2 Å². The minimum absolute atomic E-state index is 0.117. The first-order valence-corrected chi connectivity index (χ1v) is 12.8. The number of nitrogens with one attached hydrogen (secondary N) is 1. The number of hydrogen-bond donors (Lipinski definition) is 1. The third-order valence-corrected chi connectivity index (χ3v) is 6.47. The van der Waals surface area contributed by atoms with Crippen LogP contribution in [0.4, 0.5) is 11.4 Å². The Hall–Kier alpha value is -3.23. The third-order valence-electron chi connectivity index (χ3n) is 5.05. The average Bonchev–Trinajstić information content (AvgIpc) is 2.79. The van der Waals surface area contributed by atoms with E-state index in [4.69, 9.17) is 21.1 Å². The van der Waals surface area contributed by atoms with Crippen LogP contribution in [0.3, 0.4) is 0 Å². The van der Waals surface area contributed by atoms with Crippen LogP contribution in [0, 0.1) is 6.92 Å². The molecule has 1 amide bonds. The van der Waals surface area contributed by atoms with Crippen LogP contribution in [0.25, 0.3) is 0 Å². The van der Waals surface area contributed by atoms with E-state index in [1.54, 1.807) is 61.7 Å². The lowest BCUT2D eigenvalue weighted by Gasteiger charge is -2.24. The first-order chi connectivity index (χ1) is 16.2. The molecule has 0 aromatic heterocycles. The van der Waals surface area contributed by atoms with Gasteiger partial charge in [0.15, 0.2) is 5.75 Å². The van der Waals surface area contributed by atoms with Gasteiger partial charge in [0.25, 0.3) is 0 Å². The van der Waals surface area contributed by atoms with Gasteiger partial charge in [-0.15, -0.1) is 0 Å². The van der Waals surface area contributed by atoms with E-state index in [0.29, 0.717) is 40.1 Å². The number of rotatable bonds is 10. The van der Waals surface area contributed by atoms with Crippen molar-refractivity contribution < 1.29 is 22.7 Å². The van der Waals surface area contributed by atoms with Crippen molar-refractivity contribution in [2.24, 2.45) is 0 Å². The number of benzene rings is 3. The lowest BCUT2D eigenvalue weighted by Crippen LogP contribution is -2.32. The number of ether oxygens (including phenoxy) is 2.